The SMILES string of the molecule is FC(F)(F)c1cc(Cl)nc(OCC2CC2)c1. The third kappa shape index (κ3) is 3.01. The van der Waals surface area contributed by atoms with Crippen molar-refractivity contribution in [3.05, 3.63) is 22.8 Å². The highest BCUT2D eigenvalue weighted by Crippen LogP contribution is 2.33. The molecule has 0 aromatic carbocycles. The molecule has 2 rings (SSSR count). The minimum absolute atomic E-state index is 0.0632. The van der Waals surface area contributed by atoms with Crippen LogP contribution in [0.3, 0.4) is 0 Å². The molecule has 1 fully saturated rings. The summed E-state index contributed by atoms with van der Waals surface area (Å²) in [4.78, 5) is 3.69. The molecule has 0 saturated heterocycles. The van der Waals surface area contributed by atoms with Crippen molar-refractivity contribution in [1.29, 1.82) is 0 Å². The van der Waals surface area contributed by atoms with Crippen LogP contribution in [-0.2, 0) is 6.18 Å². The van der Waals surface area contributed by atoms with Gasteiger partial charge in [-0.2, -0.15) is 13.2 Å². The fourth-order valence-corrected chi connectivity index (χ4v) is 1.40. The third-order valence-electron chi connectivity index (χ3n) is 2.26. The summed E-state index contributed by atoms with van der Waals surface area (Å²) < 4.78 is 42.4. The van der Waals surface area contributed by atoms with Crippen LogP contribution in [0.5, 0.6) is 5.88 Å². The van der Waals surface area contributed by atoms with Gasteiger partial charge in [-0.05, 0) is 24.8 Å². The van der Waals surface area contributed by atoms with Crippen molar-refractivity contribution < 1.29 is 17.9 Å². The fourth-order valence-electron chi connectivity index (χ4n) is 1.20. The van der Waals surface area contributed by atoms with Gasteiger partial charge in [0.25, 0.3) is 0 Å². The van der Waals surface area contributed by atoms with E-state index in [0.29, 0.717) is 12.5 Å². The van der Waals surface area contributed by atoms with E-state index in [4.69, 9.17) is 16.3 Å². The molecule has 0 N–H and O–H groups in total. The number of aromatic nitrogens is 1. The lowest BCUT2D eigenvalue weighted by atomic mass is 10.2. The predicted molar refractivity (Wildman–Crippen MR) is 52.5 cm³/mol. The molecule has 0 spiro atoms. The Balaban J connectivity index is 2.14. The first-order valence-electron chi connectivity index (χ1n) is 4.83. The summed E-state index contributed by atoms with van der Waals surface area (Å²) in [5, 5.41) is -0.208. The number of halogens is 4. The van der Waals surface area contributed by atoms with E-state index >= 15 is 0 Å². The maximum atomic E-state index is 12.4. The molecule has 1 aromatic rings. The van der Waals surface area contributed by atoms with Crippen LogP contribution in [0.15, 0.2) is 12.1 Å². The van der Waals surface area contributed by atoms with E-state index in [2.05, 4.69) is 4.98 Å². The summed E-state index contributed by atoms with van der Waals surface area (Å²) in [6, 6.07) is 1.65. The van der Waals surface area contributed by atoms with Crippen molar-refractivity contribution in [2.75, 3.05) is 6.61 Å². The van der Waals surface area contributed by atoms with Crippen molar-refractivity contribution in [1.82, 2.24) is 4.98 Å². The maximum Gasteiger partial charge on any atom is 0.416 e. The molecule has 0 amide bonds. The summed E-state index contributed by atoms with van der Waals surface area (Å²) in [6.45, 7) is 0.407. The Morgan fingerprint density at radius 3 is 2.62 bits per heavy atom. The zero-order valence-corrected chi connectivity index (χ0v) is 8.98. The molecule has 6 heteroatoms. The number of ether oxygens (including phenoxy) is 1. The van der Waals surface area contributed by atoms with Gasteiger partial charge in [0.1, 0.15) is 5.15 Å². The third-order valence-corrected chi connectivity index (χ3v) is 2.46. The largest absolute Gasteiger partial charge is 0.477 e. The molecule has 88 valence electrons. The Labute approximate surface area is 95.4 Å². The zero-order chi connectivity index (χ0) is 11.8. The molecular formula is C10H9ClF3NO. The monoisotopic (exact) mass is 251 g/mol. The van der Waals surface area contributed by atoms with Crippen LogP contribution in [-0.4, -0.2) is 11.6 Å². The molecule has 1 aliphatic carbocycles. The highest BCUT2D eigenvalue weighted by molar-refractivity contribution is 6.29. The van der Waals surface area contributed by atoms with E-state index in [1.54, 1.807) is 0 Å². The van der Waals surface area contributed by atoms with E-state index < -0.39 is 11.7 Å². The molecule has 0 unspecified atom stereocenters. The van der Waals surface area contributed by atoms with Crippen LogP contribution in [0.25, 0.3) is 0 Å². The van der Waals surface area contributed by atoms with Gasteiger partial charge in [-0.3, -0.25) is 0 Å². The molecule has 1 aliphatic rings. The lowest BCUT2D eigenvalue weighted by Crippen LogP contribution is -2.07. The van der Waals surface area contributed by atoms with E-state index in [9.17, 15) is 13.2 Å². The van der Waals surface area contributed by atoms with Gasteiger partial charge >= 0.3 is 6.18 Å². The van der Waals surface area contributed by atoms with Gasteiger partial charge in [0.2, 0.25) is 5.88 Å². The molecule has 0 atom stereocenters. The standard InChI is InChI=1S/C10H9ClF3NO/c11-8-3-7(10(12,13)14)4-9(15-8)16-5-6-1-2-6/h3-4,6H,1-2,5H2. The van der Waals surface area contributed by atoms with Crippen molar-refractivity contribution in [2.45, 2.75) is 19.0 Å². The normalized spacial score (nSPS) is 16.2. The van der Waals surface area contributed by atoms with Gasteiger partial charge in [0, 0.05) is 6.07 Å². The molecule has 0 bridgehead atoms. The molecular weight excluding hydrogens is 243 g/mol. The second kappa shape index (κ2) is 4.13. The van der Waals surface area contributed by atoms with E-state index in [0.717, 1.165) is 25.0 Å². The quantitative estimate of drug-likeness (QED) is 0.767. The second-order valence-corrected chi connectivity index (χ2v) is 4.16. The second-order valence-electron chi connectivity index (χ2n) is 3.77. The van der Waals surface area contributed by atoms with Crippen LogP contribution in [0, 0.1) is 5.92 Å². The maximum absolute atomic E-state index is 12.4. The topological polar surface area (TPSA) is 22.1 Å². The first-order chi connectivity index (χ1) is 7.45. The molecule has 1 heterocycles. The highest BCUT2D eigenvalue weighted by atomic mass is 35.5. The number of hydrogen-bond acceptors (Lipinski definition) is 2. The first-order valence-corrected chi connectivity index (χ1v) is 5.20. The molecule has 16 heavy (non-hydrogen) atoms. The van der Waals surface area contributed by atoms with Gasteiger partial charge in [-0.25, -0.2) is 4.98 Å². The smallest absolute Gasteiger partial charge is 0.416 e. The lowest BCUT2D eigenvalue weighted by molar-refractivity contribution is -0.137. The average Bonchev–Trinajstić information content (AvgIpc) is 2.96. The predicted octanol–water partition coefficient (Wildman–Crippen LogP) is 3.54. The van der Waals surface area contributed by atoms with Gasteiger partial charge in [-0.15, -0.1) is 0 Å². The Morgan fingerprint density at radius 2 is 2.06 bits per heavy atom. The van der Waals surface area contributed by atoms with Crippen LogP contribution in [0.2, 0.25) is 5.15 Å². The van der Waals surface area contributed by atoms with Crippen molar-refractivity contribution in [3.63, 3.8) is 0 Å². The lowest BCUT2D eigenvalue weighted by Gasteiger charge is -2.09. The summed E-state index contributed by atoms with van der Waals surface area (Å²) in [7, 11) is 0. The summed E-state index contributed by atoms with van der Waals surface area (Å²) in [6.07, 6.45) is -2.30. The van der Waals surface area contributed by atoms with Crippen LogP contribution in [0.1, 0.15) is 18.4 Å². The van der Waals surface area contributed by atoms with Crippen molar-refractivity contribution in [3.8, 4) is 5.88 Å². The molecule has 1 aromatic heterocycles. The molecule has 0 radical (unpaired) electrons. The number of pyridine rings is 1. The number of nitrogens with zero attached hydrogens (tertiary/aromatic N) is 1. The first kappa shape index (κ1) is 11.5. The van der Waals surface area contributed by atoms with E-state index in [1.807, 2.05) is 0 Å². The Hall–Kier alpha value is -0.970. The van der Waals surface area contributed by atoms with Crippen molar-refractivity contribution >= 4 is 11.6 Å². The molecule has 1 saturated carbocycles. The van der Waals surface area contributed by atoms with E-state index in [1.165, 1.54) is 0 Å². The highest BCUT2D eigenvalue weighted by Gasteiger charge is 2.32. The van der Waals surface area contributed by atoms with Gasteiger partial charge in [0.05, 0.1) is 12.2 Å². The Morgan fingerprint density at radius 1 is 1.38 bits per heavy atom. The van der Waals surface area contributed by atoms with Gasteiger partial charge in [-0.1, -0.05) is 11.6 Å². The summed E-state index contributed by atoms with van der Waals surface area (Å²) in [5.41, 5.74) is -0.835. The number of hydrogen-bond donors (Lipinski definition) is 0. The summed E-state index contributed by atoms with van der Waals surface area (Å²) in [5.74, 6) is 0.391. The Kier molecular flexibility index (Phi) is 2.97. The zero-order valence-electron chi connectivity index (χ0n) is 8.22. The number of alkyl halides is 3. The summed E-state index contributed by atoms with van der Waals surface area (Å²) >= 11 is 5.50. The minimum Gasteiger partial charge on any atom is -0.477 e. The van der Waals surface area contributed by atoms with Gasteiger partial charge in [0.15, 0.2) is 0 Å². The fraction of sp³-hybridized carbons (Fsp3) is 0.500. The Bertz CT molecular complexity index is 390. The molecule has 0 aliphatic heterocycles. The number of rotatable bonds is 3. The molecule has 2 nitrogen and oxygen atoms in total. The van der Waals surface area contributed by atoms with Crippen LogP contribution in [0.4, 0.5) is 13.2 Å². The van der Waals surface area contributed by atoms with Crippen LogP contribution >= 0.6 is 11.6 Å². The van der Waals surface area contributed by atoms with Crippen molar-refractivity contribution in [2.24, 2.45) is 5.92 Å². The van der Waals surface area contributed by atoms with Crippen LogP contribution < -0.4 is 4.74 Å². The average molecular weight is 252 g/mol. The van der Waals surface area contributed by atoms with Gasteiger partial charge < -0.3 is 4.74 Å². The van der Waals surface area contributed by atoms with E-state index in [-0.39, 0.29) is 11.0 Å². The minimum atomic E-state index is -4.43.